The van der Waals surface area contributed by atoms with E-state index >= 15 is 0 Å². The fourth-order valence-electron chi connectivity index (χ4n) is 1.92. The summed E-state index contributed by atoms with van der Waals surface area (Å²) in [4.78, 5) is 8.70. The van der Waals surface area contributed by atoms with Crippen molar-refractivity contribution in [2.75, 3.05) is 13.7 Å². The van der Waals surface area contributed by atoms with Crippen LogP contribution in [0.15, 0.2) is 12.4 Å². The molecule has 0 bridgehead atoms. The smallest absolute Gasteiger partial charge is 0.237 e. The van der Waals surface area contributed by atoms with Crippen molar-refractivity contribution in [3.05, 3.63) is 18.1 Å². The van der Waals surface area contributed by atoms with E-state index in [1.165, 1.54) is 0 Å². The van der Waals surface area contributed by atoms with Crippen LogP contribution in [0.3, 0.4) is 0 Å². The standard InChI is InChI=1S/C14H25N3O/c1-6-7-15-12(11(4)10(2)3)13-14(18-5)17-9-8-16-13/h8-12,15H,6-7H2,1-5H3. The summed E-state index contributed by atoms with van der Waals surface area (Å²) in [6.45, 7) is 9.84. The van der Waals surface area contributed by atoms with E-state index in [2.05, 4.69) is 43.0 Å². The summed E-state index contributed by atoms with van der Waals surface area (Å²) < 4.78 is 5.32. The van der Waals surface area contributed by atoms with E-state index in [1.807, 2.05) is 0 Å². The Balaban J connectivity index is 3.00. The van der Waals surface area contributed by atoms with Crippen LogP contribution in [0.2, 0.25) is 0 Å². The Kier molecular flexibility index (Phi) is 6.05. The van der Waals surface area contributed by atoms with Gasteiger partial charge in [-0.3, -0.25) is 4.98 Å². The first kappa shape index (κ1) is 14.9. The quantitative estimate of drug-likeness (QED) is 0.809. The van der Waals surface area contributed by atoms with Crippen LogP contribution in [0.1, 0.15) is 45.9 Å². The minimum absolute atomic E-state index is 0.189. The predicted molar refractivity (Wildman–Crippen MR) is 73.6 cm³/mol. The molecule has 0 aromatic carbocycles. The van der Waals surface area contributed by atoms with E-state index in [1.54, 1.807) is 19.5 Å². The third kappa shape index (κ3) is 3.67. The second-order valence-corrected chi connectivity index (χ2v) is 4.99. The molecule has 1 aromatic rings. The van der Waals surface area contributed by atoms with Gasteiger partial charge in [0.1, 0.15) is 5.69 Å². The monoisotopic (exact) mass is 251 g/mol. The van der Waals surface area contributed by atoms with Crippen LogP contribution in [-0.4, -0.2) is 23.6 Å². The molecule has 0 aliphatic carbocycles. The average Bonchev–Trinajstić information content (AvgIpc) is 2.39. The molecule has 102 valence electrons. The highest BCUT2D eigenvalue weighted by molar-refractivity contribution is 5.22. The third-order valence-electron chi connectivity index (χ3n) is 3.37. The highest BCUT2D eigenvalue weighted by Crippen LogP contribution is 2.30. The lowest BCUT2D eigenvalue weighted by molar-refractivity contribution is 0.285. The van der Waals surface area contributed by atoms with Crippen molar-refractivity contribution in [2.45, 2.75) is 40.2 Å². The van der Waals surface area contributed by atoms with Crippen LogP contribution in [0.25, 0.3) is 0 Å². The molecule has 1 aromatic heterocycles. The molecule has 0 fully saturated rings. The number of ether oxygens (including phenoxy) is 1. The molecule has 0 aliphatic rings. The van der Waals surface area contributed by atoms with E-state index in [4.69, 9.17) is 4.74 Å². The maximum absolute atomic E-state index is 5.32. The van der Waals surface area contributed by atoms with Gasteiger partial charge in [0, 0.05) is 12.4 Å². The van der Waals surface area contributed by atoms with Crippen molar-refractivity contribution >= 4 is 0 Å². The van der Waals surface area contributed by atoms with Gasteiger partial charge in [-0.1, -0.05) is 27.7 Å². The molecule has 0 aliphatic heterocycles. The second kappa shape index (κ2) is 7.31. The SMILES string of the molecule is CCCNC(c1nccnc1OC)C(C)C(C)C. The molecular formula is C14H25N3O. The van der Waals surface area contributed by atoms with Gasteiger partial charge >= 0.3 is 0 Å². The summed E-state index contributed by atoms with van der Waals surface area (Å²) in [5.41, 5.74) is 0.912. The Morgan fingerprint density at radius 1 is 1.22 bits per heavy atom. The zero-order chi connectivity index (χ0) is 13.5. The minimum atomic E-state index is 0.189. The summed E-state index contributed by atoms with van der Waals surface area (Å²) in [5.74, 6) is 1.67. The van der Waals surface area contributed by atoms with Crippen molar-refractivity contribution in [3.8, 4) is 5.88 Å². The molecule has 1 heterocycles. The topological polar surface area (TPSA) is 47.0 Å². The first-order valence-electron chi connectivity index (χ1n) is 6.70. The minimum Gasteiger partial charge on any atom is -0.480 e. The highest BCUT2D eigenvalue weighted by Gasteiger charge is 2.25. The summed E-state index contributed by atoms with van der Waals surface area (Å²) in [6, 6.07) is 0.189. The van der Waals surface area contributed by atoms with Crippen LogP contribution in [-0.2, 0) is 0 Å². The van der Waals surface area contributed by atoms with E-state index in [0.717, 1.165) is 18.7 Å². The van der Waals surface area contributed by atoms with Gasteiger partial charge in [0.25, 0.3) is 0 Å². The zero-order valence-electron chi connectivity index (χ0n) is 12.1. The lowest BCUT2D eigenvalue weighted by Gasteiger charge is -2.28. The maximum atomic E-state index is 5.32. The van der Waals surface area contributed by atoms with Gasteiger partial charge in [-0.15, -0.1) is 0 Å². The van der Waals surface area contributed by atoms with Crippen molar-refractivity contribution < 1.29 is 4.74 Å². The number of nitrogens with one attached hydrogen (secondary N) is 1. The number of rotatable bonds is 7. The van der Waals surface area contributed by atoms with Gasteiger partial charge in [-0.05, 0) is 24.8 Å². The molecule has 0 amide bonds. The highest BCUT2D eigenvalue weighted by atomic mass is 16.5. The molecule has 1 rings (SSSR count). The fraction of sp³-hybridized carbons (Fsp3) is 0.714. The van der Waals surface area contributed by atoms with Crippen LogP contribution < -0.4 is 10.1 Å². The second-order valence-electron chi connectivity index (χ2n) is 4.99. The molecule has 0 radical (unpaired) electrons. The summed E-state index contributed by atoms with van der Waals surface area (Å²) in [7, 11) is 1.64. The Labute approximate surface area is 110 Å². The molecule has 4 heteroatoms. The van der Waals surface area contributed by atoms with Crippen LogP contribution in [0.5, 0.6) is 5.88 Å². The first-order valence-corrected chi connectivity index (χ1v) is 6.70. The number of nitrogens with zero attached hydrogens (tertiary/aromatic N) is 2. The van der Waals surface area contributed by atoms with Gasteiger partial charge in [0.05, 0.1) is 13.2 Å². The van der Waals surface area contributed by atoms with Crippen LogP contribution >= 0.6 is 0 Å². The van der Waals surface area contributed by atoms with Crippen molar-refractivity contribution in [2.24, 2.45) is 11.8 Å². The third-order valence-corrected chi connectivity index (χ3v) is 3.37. The van der Waals surface area contributed by atoms with Gasteiger partial charge in [-0.2, -0.15) is 0 Å². The number of aromatic nitrogens is 2. The van der Waals surface area contributed by atoms with E-state index in [9.17, 15) is 0 Å². The fourth-order valence-corrected chi connectivity index (χ4v) is 1.92. The van der Waals surface area contributed by atoms with Gasteiger partial charge in [0.2, 0.25) is 5.88 Å². The number of hydrogen-bond donors (Lipinski definition) is 1. The molecule has 1 N–H and O–H groups in total. The molecule has 2 unspecified atom stereocenters. The summed E-state index contributed by atoms with van der Waals surface area (Å²) in [6.07, 6.45) is 4.49. The lowest BCUT2D eigenvalue weighted by Crippen LogP contribution is -2.31. The largest absolute Gasteiger partial charge is 0.480 e. The van der Waals surface area contributed by atoms with Crippen molar-refractivity contribution in [3.63, 3.8) is 0 Å². The average molecular weight is 251 g/mol. The van der Waals surface area contributed by atoms with E-state index in [0.29, 0.717) is 17.7 Å². The van der Waals surface area contributed by atoms with Crippen LogP contribution in [0, 0.1) is 11.8 Å². The lowest BCUT2D eigenvalue weighted by atomic mass is 9.88. The number of hydrogen-bond acceptors (Lipinski definition) is 4. The Bertz CT molecular complexity index is 355. The molecule has 2 atom stereocenters. The van der Waals surface area contributed by atoms with Gasteiger partial charge < -0.3 is 10.1 Å². The maximum Gasteiger partial charge on any atom is 0.237 e. The van der Waals surface area contributed by atoms with Gasteiger partial charge in [-0.25, -0.2) is 4.98 Å². The Morgan fingerprint density at radius 2 is 1.89 bits per heavy atom. The first-order chi connectivity index (χ1) is 8.61. The molecule has 0 saturated carbocycles. The normalized spacial score (nSPS) is 14.6. The van der Waals surface area contributed by atoms with Gasteiger partial charge in [0.15, 0.2) is 0 Å². The molecular weight excluding hydrogens is 226 g/mol. The summed E-state index contributed by atoms with van der Waals surface area (Å²) in [5, 5.41) is 3.56. The predicted octanol–water partition coefficient (Wildman–Crippen LogP) is 2.82. The van der Waals surface area contributed by atoms with E-state index in [-0.39, 0.29) is 6.04 Å². The molecule has 0 spiro atoms. The summed E-state index contributed by atoms with van der Waals surface area (Å²) >= 11 is 0. The molecule has 0 saturated heterocycles. The van der Waals surface area contributed by atoms with Crippen LogP contribution in [0.4, 0.5) is 0 Å². The molecule has 18 heavy (non-hydrogen) atoms. The van der Waals surface area contributed by atoms with Crippen molar-refractivity contribution in [1.29, 1.82) is 0 Å². The molecule has 4 nitrogen and oxygen atoms in total. The zero-order valence-corrected chi connectivity index (χ0v) is 12.1. The Morgan fingerprint density at radius 3 is 2.44 bits per heavy atom. The van der Waals surface area contributed by atoms with E-state index < -0.39 is 0 Å². The van der Waals surface area contributed by atoms with Crippen molar-refractivity contribution in [1.82, 2.24) is 15.3 Å². The number of methoxy groups -OCH3 is 1. The Hall–Kier alpha value is -1.16.